The summed E-state index contributed by atoms with van der Waals surface area (Å²) in [5.74, 6) is 2.37. The maximum Gasteiger partial charge on any atom is 0.306 e. The molecule has 0 radical (unpaired) electrons. The Kier molecular flexibility index (Phi) is 8.31. The first-order valence-corrected chi connectivity index (χ1v) is 8.87. The molecular weight excluding hydrogens is 262 g/mol. The van der Waals surface area contributed by atoms with Gasteiger partial charge in [0.1, 0.15) is 6.10 Å². The third-order valence-electron chi connectivity index (χ3n) is 5.15. The van der Waals surface area contributed by atoms with E-state index in [0.717, 1.165) is 25.7 Å². The summed E-state index contributed by atoms with van der Waals surface area (Å²) in [6.07, 6.45) is 7.21. The van der Waals surface area contributed by atoms with Gasteiger partial charge in [-0.3, -0.25) is 4.79 Å². The zero-order valence-electron chi connectivity index (χ0n) is 14.4. The molecule has 2 N–H and O–H groups in total. The van der Waals surface area contributed by atoms with E-state index in [1.165, 1.54) is 12.8 Å². The fraction of sp³-hybridized carbons (Fsp3) is 0.944. The topological polar surface area (TPSA) is 52.3 Å². The number of ether oxygens (including phenoxy) is 1. The third kappa shape index (κ3) is 6.37. The molecule has 124 valence electrons. The number of carbonyl (C=O) groups is 1. The number of carbonyl (C=O) groups excluding carboxylic acids is 1. The molecule has 1 rings (SSSR count). The fourth-order valence-corrected chi connectivity index (χ4v) is 3.59. The van der Waals surface area contributed by atoms with Gasteiger partial charge in [-0.25, -0.2) is 0 Å². The molecule has 0 spiro atoms. The third-order valence-corrected chi connectivity index (χ3v) is 5.15. The van der Waals surface area contributed by atoms with E-state index in [4.69, 9.17) is 10.5 Å². The van der Waals surface area contributed by atoms with E-state index in [1.807, 2.05) is 0 Å². The van der Waals surface area contributed by atoms with Crippen LogP contribution in [0.25, 0.3) is 0 Å². The maximum absolute atomic E-state index is 12.2. The Hall–Kier alpha value is -0.570. The van der Waals surface area contributed by atoms with Crippen molar-refractivity contribution in [2.75, 3.05) is 6.54 Å². The summed E-state index contributed by atoms with van der Waals surface area (Å²) in [6, 6.07) is 0. The molecule has 0 aromatic rings. The number of hydrogen-bond donors (Lipinski definition) is 1. The summed E-state index contributed by atoms with van der Waals surface area (Å²) in [5.41, 5.74) is 5.61. The van der Waals surface area contributed by atoms with Gasteiger partial charge in [-0.2, -0.15) is 0 Å². The summed E-state index contributed by atoms with van der Waals surface area (Å²) in [5, 5.41) is 0. The number of esters is 1. The summed E-state index contributed by atoms with van der Waals surface area (Å²) < 4.78 is 5.84. The number of hydrogen-bond acceptors (Lipinski definition) is 3. The molecule has 3 nitrogen and oxygen atoms in total. The molecule has 0 saturated heterocycles. The lowest BCUT2D eigenvalue weighted by Crippen LogP contribution is -2.35. The van der Waals surface area contributed by atoms with Crippen LogP contribution in [-0.4, -0.2) is 18.6 Å². The minimum absolute atomic E-state index is 0.00442. The lowest BCUT2D eigenvalue weighted by Gasteiger charge is -2.36. The van der Waals surface area contributed by atoms with Crippen LogP contribution in [0.15, 0.2) is 0 Å². The normalized spacial score (nSPS) is 27.6. The van der Waals surface area contributed by atoms with Crippen LogP contribution >= 0.6 is 0 Å². The maximum atomic E-state index is 12.2. The summed E-state index contributed by atoms with van der Waals surface area (Å²) in [7, 11) is 0. The molecule has 1 aliphatic carbocycles. The van der Waals surface area contributed by atoms with Crippen LogP contribution in [-0.2, 0) is 9.53 Å². The van der Waals surface area contributed by atoms with Gasteiger partial charge >= 0.3 is 5.97 Å². The van der Waals surface area contributed by atoms with Gasteiger partial charge in [-0.1, -0.05) is 40.5 Å². The Labute approximate surface area is 131 Å². The standard InChI is InChI=1S/C18H35NO2/c1-5-15(10-11-19)7-9-18(20)21-17-12-14(4)6-8-16(17)13(2)3/h13-17H,5-12,19H2,1-4H3. The van der Waals surface area contributed by atoms with E-state index in [1.54, 1.807) is 0 Å². The second kappa shape index (κ2) is 9.45. The van der Waals surface area contributed by atoms with Crippen LogP contribution in [0.1, 0.15) is 72.6 Å². The molecule has 0 amide bonds. The molecule has 1 fully saturated rings. The van der Waals surface area contributed by atoms with Crippen molar-refractivity contribution in [1.82, 2.24) is 0 Å². The monoisotopic (exact) mass is 297 g/mol. The predicted molar refractivity (Wildman–Crippen MR) is 87.9 cm³/mol. The van der Waals surface area contributed by atoms with Crippen molar-refractivity contribution in [1.29, 1.82) is 0 Å². The fourth-order valence-electron chi connectivity index (χ4n) is 3.59. The van der Waals surface area contributed by atoms with Crippen LogP contribution in [0.2, 0.25) is 0 Å². The van der Waals surface area contributed by atoms with E-state index in [-0.39, 0.29) is 12.1 Å². The SMILES string of the molecule is CCC(CCN)CCC(=O)OC1CC(C)CCC1C(C)C. The largest absolute Gasteiger partial charge is 0.462 e. The average molecular weight is 297 g/mol. The van der Waals surface area contributed by atoms with Gasteiger partial charge in [0.25, 0.3) is 0 Å². The van der Waals surface area contributed by atoms with E-state index < -0.39 is 0 Å². The highest BCUT2D eigenvalue weighted by Gasteiger charge is 2.33. The second-order valence-electron chi connectivity index (χ2n) is 7.24. The molecular formula is C18H35NO2. The first kappa shape index (κ1) is 18.5. The van der Waals surface area contributed by atoms with Crippen molar-refractivity contribution in [3.63, 3.8) is 0 Å². The van der Waals surface area contributed by atoms with Crippen molar-refractivity contribution in [2.45, 2.75) is 78.7 Å². The van der Waals surface area contributed by atoms with Crippen LogP contribution in [0, 0.1) is 23.7 Å². The molecule has 4 atom stereocenters. The first-order valence-electron chi connectivity index (χ1n) is 8.87. The molecule has 21 heavy (non-hydrogen) atoms. The van der Waals surface area contributed by atoms with Gasteiger partial charge < -0.3 is 10.5 Å². The van der Waals surface area contributed by atoms with Crippen molar-refractivity contribution in [3.8, 4) is 0 Å². The summed E-state index contributed by atoms with van der Waals surface area (Å²) in [6.45, 7) is 9.64. The highest BCUT2D eigenvalue weighted by Crippen LogP contribution is 2.35. The minimum Gasteiger partial charge on any atom is -0.462 e. The Morgan fingerprint density at radius 1 is 1.29 bits per heavy atom. The molecule has 4 unspecified atom stereocenters. The van der Waals surface area contributed by atoms with Gasteiger partial charge in [0, 0.05) is 6.42 Å². The van der Waals surface area contributed by atoms with Gasteiger partial charge in [0.15, 0.2) is 0 Å². The van der Waals surface area contributed by atoms with E-state index >= 15 is 0 Å². The highest BCUT2D eigenvalue weighted by atomic mass is 16.5. The molecule has 3 heteroatoms. The number of nitrogens with two attached hydrogens (primary N) is 1. The van der Waals surface area contributed by atoms with Crippen molar-refractivity contribution in [2.24, 2.45) is 29.4 Å². The van der Waals surface area contributed by atoms with Gasteiger partial charge in [0.2, 0.25) is 0 Å². The van der Waals surface area contributed by atoms with Crippen molar-refractivity contribution < 1.29 is 9.53 Å². The minimum atomic E-state index is -0.00442. The predicted octanol–water partition coefficient (Wildman–Crippen LogP) is 4.15. The second-order valence-corrected chi connectivity index (χ2v) is 7.24. The average Bonchev–Trinajstić information content (AvgIpc) is 2.43. The van der Waals surface area contributed by atoms with E-state index in [0.29, 0.717) is 36.6 Å². The van der Waals surface area contributed by atoms with Crippen LogP contribution in [0.4, 0.5) is 0 Å². The molecule has 0 bridgehead atoms. The zero-order valence-corrected chi connectivity index (χ0v) is 14.4. The molecule has 0 aromatic heterocycles. The molecule has 1 aliphatic rings. The van der Waals surface area contributed by atoms with Crippen molar-refractivity contribution >= 4 is 5.97 Å². The zero-order chi connectivity index (χ0) is 15.8. The lowest BCUT2D eigenvalue weighted by atomic mass is 9.75. The van der Waals surface area contributed by atoms with Crippen LogP contribution < -0.4 is 5.73 Å². The Morgan fingerprint density at radius 2 is 2.00 bits per heavy atom. The quantitative estimate of drug-likeness (QED) is 0.685. The Balaban J connectivity index is 2.43. The molecule has 0 aliphatic heterocycles. The highest BCUT2D eigenvalue weighted by molar-refractivity contribution is 5.69. The Bertz CT molecular complexity index is 304. The molecule has 0 heterocycles. The van der Waals surface area contributed by atoms with Crippen LogP contribution in [0.5, 0.6) is 0 Å². The van der Waals surface area contributed by atoms with Gasteiger partial charge in [-0.15, -0.1) is 0 Å². The first-order chi connectivity index (χ1) is 9.97. The van der Waals surface area contributed by atoms with E-state index in [2.05, 4.69) is 27.7 Å². The Morgan fingerprint density at radius 3 is 2.57 bits per heavy atom. The van der Waals surface area contributed by atoms with Gasteiger partial charge in [-0.05, 0) is 55.9 Å². The molecule has 1 saturated carbocycles. The van der Waals surface area contributed by atoms with E-state index in [9.17, 15) is 4.79 Å². The van der Waals surface area contributed by atoms with Crippen LogP contribution in [0.3, 0.4) is 0 Å². The number of rotatable bonds is 8. The summed E-state index contributed by atoms with van der Waals surface area (Å²) >= 11 is 0. The van der Waals surface area contributed by atoms with Gasteiger partial charge in [0.05, 0.1) is 0 Å². The summed E-state index contributed by atoms with van der Waals surface area (Å²) in [4.78, 5) is 12.2. The lowest BCUT2D eigenvalue weighted by molar-refractivity contribution is -0.156. The molecule has 0 aromatic carbocycles. The van der Waals surface area contributed by atoms with Crippen molar-refractivity contribution in [3.05, 3.63) is 0 Å². The smallest absolute Gasteiger partial charge is 0.306 e.